The normalized spacial score (nSPS) is 10.7. The van der Waals surface area contributed by atoms with Crippen molar-refractivity contribution < 1.29 is 56.2 Å². The topological polar surface area (TPSA) is 142 Å². The first-order valence-corrected chi connectivity index (χ1v) is 21.6. The first-order valence-electron chi connectivity index (χ1n) is 19.3. The number of benzene rings is 6. The first-order chi connectivity index (χ1) is 30.1. The Morgan fingerprint density at radius 2 is 0.532 bits per heavy atom. The van der Waals surface area contributed by atoms with Crippen molar-refractivity contribution >= 4 is 51.2 Å². The molecule has 0 aliphatic heterocycles. The molecule has 0 heterocycles. The molecule has 6 aromatic carbocycles. The fourth-order valence-corrected chi connectivity index (χ4v) is 8.34. The Hall–Kier alpha value is -6.74. The highest BCUT2D eigenvalue weighted by molar-refractivity contribution is 7.57. The number of ether oxygens (including phenoxy) is 4. The molecule has 0 aromatic heterocycles. The molecule has 0 N–H and O–H groups in total. The molecule has 62 heavy (non-hydrogen) atoms. The van der Waals surface area contributed by atoms with Gasteiger partial charge in [-0.15, -0.1) is 0 Å². The number of hydrogen-bond acceptors (Lipinski definition) is 12. The van der Waals surface area contributed by atoms with E-state index in [4.69, 9.17) is 37.0 Å². The Labute approximate surface area is 362 Å². The van der Waals surface area contributed by atoms with E-state index in [1.54, 1.807) is 48.5 Å². The summed E-state index contributed by atoms with van der Waals surface area (Å²) in [5.74, 6) is 0.888. The van der Waals surface area contributed by atoms with E-state index in [0.29, 0.717) is 23.0 Å². The zero-order valence-electron chi connectivity index (χ0n) is 34.5. The molecule has 0 amide bonds. The lowest BCUT2D eigenvalue weighted by Gasteiger charge is -2.20. The average molecular weight is 875 g/mol. The zero-order valence-corrected chi connectivity index (χ0v) is 36.3. The summed E-state index contributed by atoms with van der Waals surface area (Å²) in [7, 11) is 2.04. The maximum absolute atomic E-state index is 11.8. The van der Waals surface area contributed by atoms with Gasteiger partial charge in [0.25, 0.3) is 0 Å². The smallest absolute Gasteiger partial charge is 0.326 e. The summed E-state index contributed by atoms with van der Waals surface area (Å²) in [5.41, 5.74) is 5.04. The average Bonchev–Trinajstić information content (AvgIpc) is 3.31. The molecule has 0 aliphatic rings. The third kappa shape index (κ3) is 13.1. The van der Waals surface area contributed by atoms with Gasteiger partial charge in [-0.1, -0.05) is 72.8 Å². The van der Waals surface area contributed by atoms with Crippen LogP contribution in [0, 0.1) is 0 Å². The molecule has 318 valence electrons. The lowest BCUT2D eigenvalue weighted by Crippen LogP contribution is -2.11. The summed E-state index contributed by atoms with van der Waals surface area (Å²) in [5, 5.41) is 1.61. The van der Waals surface area contributed by atoms with Crippen molar-refractivity contribution in [3.63, 3.8) is 0 Å². The number of carbonyl (C=O) groups excluding carboxylic acids is 4. The van der Waals surface area contributed by atoms with E-state index < -0.39 is 16.8 Å². The van der Waals surface area contributed by atoms with Gasteiger partial charge in [0.1, 0.15) is 23.0 Å². The molecule has 14 heteroatoms. The molecule has 0 fully saturated rings. The molecule has 12 nitrogen and oxygen atoms in total. The maximum Gasteiger partial charge on any atom is 0.326 e. The fraction of sp³-hybridized carbons (Fsp3) is 0.167. The van der Waals surface area contributed by atoms with Gasteiger partial charge in [0.05, 0.1) is 64.7 Å². The number of hydrogen-bond donors (Lipinski definition) is 0. The first kappa shape index (κ1) is 44.8. The van der Waals surface area contributed by atoms with Crippen LogP contribution in [0.3, 0.4) is 0 Å². The second kappa shape index (κ2) is 22.2. The van der Waals surface area contributed by atoms with Crippen molar-refractivity contribution in [3.8, 4) is 34.1 Å². The van der Waals surface area contributed by atoms with E-state index in [1.165, 1.54) is 28.4 Å². The monoisotopic (exact) mass is 874 g/mol. The minimum Gasteiger partial charge on any atom is -0.469 e. The molecular weight excluding hydrogens is 830 g/mol. The number of rotatable bonds is 19. The minimum atomic E-state index is -1.69. The Kier molecular flexibility index (Phi) is 16.0. The number of carbonyl (C=O) groups is 4. The quantitative estimate of drug-likeness (QED) is 0.0438. The van der Waals surface area contributed by atoms with Crippen LogP contribution in [0.2, 0.25) is 0 Å². The Morgan fingerprint density at radius 1 is 0.323 bits per heavy atom. The van der Waals surface area contributed by atoms with Crippen LogP contribution in [0.25, 0.3) is 11.1 Å². The predicted molar refractivity (Wildman–Crippen MR) is 236 cm³/mol. The SMILES string of the molecule is COC(=O)Cc1ccc(OP(Oc2ccc(CC(=O)OC)cc2)c2ccc(-c3ccc(P(Oc4ccc(CC(=O)OC)cc4)Oc4ccc(CC(=O)OC)cc4)cc3)cc2)cc1. The highest BCUT2D eigenvalue weighted by Crippen LogP contribution is 2.42. The van der Waals surface area contributed by atoms with Crippen LogP contribution in [0.4, 0.5) is 0 Å². The molecule has 6 aromatic rings. The van der Waals surface area contributed by atoms with Crippen molar-refractivity contribution in [2.45, 2.75) is 25.7 Å². The van der Waals surface area contributed by atoms with E-state index in [0.717, 1.165) is 44.0 Å². The number of methoxy groups -OCH3 is 4. The van der Waals surface area contributed by atoms with E-state index in [1.807, 2.05) is 97.1 Å². The third-order valence-electron chi connectivity index (χ3n) is 9.24. The zero-order chi connectivity index (χ0) is 43.8. The van der Waals surface area contributed by atoms with Crippen molar-refractivity contribution in [3.05, 3.63) is 168 Å². The fourth-order valence-electron chi connectivity index (χ4n) is 5.81. The second-order valence-electron chi connectivity index (χ2n) is 13.6. The van der Waals surface area contributed by atoms with Crippen molar-refractivity contribution in [1.29, 1.82) is 0 Å². The minimum absolute atomic E-state index is 0.144. The van der Waals surface area contributed by atoms with Gasteiger partial charge in [0, 0.05) is 0 Å². The van der Waals surface area contributed by atoms with Crippen LogP contribution >= 0.6 is 16.8 Å². The van der Waals surface area contributed by atoms with Gasteiger partial charge in [-0.05, 0) is 106 Å². The lowest BCUT2D eigenvalue weighted by molar-refractivity contribution is -0.140. The van der Waals surface area contributed by atoms with Gasteiger partial charge < -0.3 is 37.0 Å². The van der Waals surface area contributed by atoms with Crippen LogP contribution in [0.5, 0.6) is 23.0 Å². The molecule has 6 rings (SSSR count). The summed E-state index contributed by atoms with van der Waals surface area (Å²) < 4.78 is 44.9. The van der Waals surface area contributed by atoms with E-state index >= 15 is 0 Å². The van der Waals surface area contributed by atoms with Gasteiger partial charge in [0.2, 0.25) is 0 Å². The summed E-state index contributed by atoms with van der Waals surface area (Å²) in [6.45, 7) is 0. The molecule has 0 atom stereocenters. The predicted octanol–water partition coefficient (Wildman–Crippen LogP) is 8.41. The number of esters is 4. The van der Waals surface area contributed by atoms with Gasteiger partial charge in [0.15, 0.2) is 0 Å². The van der Waals surface area contributed by atoms with Crippen LogP contribution in [0.15, 0.2) is 146 Å². The van der Waals surface area contributed by atoms with Gasteiger partial charge >= 0.3 is 40.6 Å². The molecule has 0 saturated heterocycles. The molecule has 0 bridgehead atoms. The summed E-state index contributed by atoms with van der Waals surface area (Å²) >= 11 is 0. The van der Waals surface area contributed by atoms with Crippen molar-refractivity contribution in [2.24, 2.45) is 0 Å². The van der Waals surface area contributed by atoms with Gasteiger partial charge in [-0.3, -0.25) is 19.2 Å². The highest BCUT2D eigenvalue weighted by atomic mass is 31.2. The van der Waals surface area contributed by atoms with Crippen LogP contribution in [0.1, 0.15) is 22.3 Å². The molecule has 0 radical (unpaired) electrons. The molecule has 0 aliphatic carbocycles. The summed E-state index contributed by atoms with van der Waals surface area (Å²) in [4.78, 5) is 47.2. The van der Waals surface area contributed by atoms with E-state index in [2.05, 4.69) is 0 Å². The Bertz CT molecular complexity index is 2100. The Morgan fingerprint density at radius 3 is 0.726 bits per heavy atom. The summed E-state index contributed by atoms with van der Waals surface area (Å²) in [6.07, 6.45) is 0.576. The van der Waals surface area contributed by atoms with Crippen LogP contribution in [-0.4, -0.2) is 52.3 Å². The Balaban J connectivity index is 1.21. The lowest BCUT2D eigenvalue weighted by atomic mass is 10.1. The van der Waals surface area contributed by atoms with E-state index in [-0.39, 0.29) is 49.6 Å². The highest BCUT2D eigenvalue weighted by Gasteiger charge is 2.22. The van der Waals surface area contributed by atoms with Gasteiger partial charge in [-0.2, -0.15) is 0 Å². The molecule has 0 spiro atoms. The molecule has 0 unspecified atom stereocenters. The van der Waals surface area contributed by atoms with E-state index in [9.17, 15) is 19.2 Å². The van der Waals surface area contributed by atoms with Crippen molar-refractivity contribution in [2.75, 3.05) is 28.4 Å². The van der Waals surface area contributed by atoms with Crippen LogP contribution in [-0.2, 0) is 63.8 Å². The van der Waals surface area contributed by atoms with Gasteiger partial charge in [-0.25, -0.2) is 0 Å². The van der Waals surface area contributed by atoms with Crippen LogP contribution < -0.4 is 28.7 Å². The standard InChI is InChI=1S/C48H44O12P2/c1-53-45(49)29-33-5-17-39(18-6-33)57-61(58-40-19-7-34(8-20-40)30-46(50)54-2)43-25-13-37(14-26-43)38-15-27-44(28-16-38)62(59-41-21-9-35(10-22-41)31-47(51)55-3)60-42-23-11-36(12-24-42)32-48(52)56-4/h5-28H,29-32H2,1-4H3. The second-order valence-corrected chi connectivity index (χ2v) is 16.4. The largest absolute Gasteiger partial charge is 0.469 e. The molecule has 0 saturated carbocycles. The van der Waals surface area contributed by atoms with Crippen molar-refractivity contribution in [1.82, 2.24) is 0 Å². The molecular formula is C48H44O12P2. The maximum atomic E-state index is 11.8. The summed E-state index contributed by atoms with van der Waals surface area (Å²) in [6, 6.07) is 44.6. The third-order valence-corrected chi connectivity index (χ3v) is 12.2.